The van der Waals surface area contributed by atoms with Crippen LogP contribution in [0.2, 0.25) is 0 Å². The molecule has 1 fully saturated rings. The molecule has 3 atom stereocenters. The van der Waals surface area contributed by atoms with Crippen molar-refractivity contribution in [3.05, 3.63) is 39.8 Å². The molecule has 0 radical (unpaired) electrons. The molecule has 6 nitrogen and oxygen atoms in total. The Labute approximate surface area is 147 Å². The second-order valence-corrected chi connectivity index (χ2v) is 7.11. The van der Waals surface area contributed by atoms with Crippen LogP contribution in [0, 0.1) is 11.8 Å². The summed E-state index contributed by atoms with van der Waals surface area (Å²) in [6.45, 7) is 2.40. The molecule has 0 bridgehead atoms. The Morgan fingerprint density at radius 1 is 1.28 bits per heavy atom. The minimum atomic E-state index is -0.128. The van der Waals surface area contributed by atoms with E-state index < -0.39 is 0 Å². The molecule has 6 heteroatoms. The molecule has 2 aliphatic rings. The van der Waals surface area contributed by atoms with Crippen LogP contribution in [-0.4, -0.2) is 17.6 Å². The highest BCUT2D eigenvalue weighted by Gasteiger charge is 2.44. The number of unbranched alkanes of at least 4 members (excludes halogenated alkanes) is 2. The van der Waals surface area contributed by atoms with E-state index in [1.165, 1.54) is 0 Å². The van der Waals surface area contributed by atoms with Crippen molar-refractivity contribution in [2.75, 3.05) is 5.32 Å². The molecule has 1 N–H and O–H groups in total. The molecule has 1 aromatic rings. The lowest BCUT2D eigenvalue weighted by molar-refractivity contribution is -0.122. The Morgan fingerprint density at radius 3 is 2.88 bits per heavy atom. The van der Waals surface area contributed by atoms with E-state index in [0.717, 1.165) is 36.9 Å². The Bertz CT molecular complexity index is 724. The Morgan fingerprint density at radius 2 is 2.12 bits per heavy atom. The van der Waals surface area contributed by atoms with Crippen LogP contribution in [0.5, 0.6) is 0 Å². The zero-order valence-electron chi connectivity index (χ0n) is 14.6. The van der Waals surface area contributed by atoms with Crippen LogP contribution in [0.4, 0.5) is 5.69 Å². The smallest absolute Gasteiger partial charge is 0.170 e. The van der Waals surface area contributed by atoms with E-state index in [-0.39, 0.29) is 36.0 Å². The number of anilines is 1. The van der Waals surface area contributed by atoms with Crippen molar-refractivity contribution in [1.82, 2.24) is 0 Å². The first-order valence-corrected chi connectivity index (χ1v) is 9.10. The predicted octanol–water partition coefficient (Wildman–Crippen LogP) is 4.65. The number of fused-ring (bicyclic) bond motifs is 2. The number of azide groups is 1. The highest BCUT2D eigenvalue weighted by molar-refractivity contribution is 6.06. The molecule has 1 heterocycles. The van der Waals surface area contributed by atoms with Gasteiger partial charge in [-0.2, -0.15) is 0 Å². The second kappa shape index (κ2) is 7.70. The first kappa shape index (κ1) is 17.5. The first-order chi connectivity index (χ1) is 12.1. The fraction of sp³-hybridized carbons (Fsp3) is 0.579. The van der Waals surface area contributed by atoms with Crippen molar-refractivity contribution < 1.29 is 9.59 Å². The van der Waals surface area contributed by atoms with Gasteiger partial charge >= 0.3 is 0 Å². The van der Waals surface area contributed by atoms with Gasteiger partial charge in [0, 0.05) is 41.0 Å². The molecule has 0 unspecified atom stereocenters. The average Bonchev–Trinajstić information content (AvgIpc) is 2.60. The number of nitrogens with one attached hydrogen (secondary N) is 1. The molecule has 0 aromatic heterocycles. The number of carbonyl (C=O) groups is 2. The maximum Gasteiger partial charge on any atom is 0.170 e. The number of nitrogens with zero attached hydrogens (tertiary/aromatic N) is 3. The maximum atomic E-state index is 13.2. The fourth-order valence-electron chi connectivity index (χ4n) is 4.19. The van der Waals surface area contributed by atoms with E-state index in [4.69, 9.17) is 5.53 Å². The molecule has 1 aliphatic heterocycles. The highest BCUT2D eigenvalue weighted by atomic mass is 16.1. The number of rotatable bonds is 6. The quantitative estimate of drug-likeness (QED) is 0.353. The van der Waals surface area contributed by atoms with E-state index in [0.29, 0.717) is 18.4 Å². The summed E-state index contributed by atoms with van der Waals surface area (Å²) >= 11 is 0. The van der Waals surface area contributed by atoms with Crippen LogP contribution in [0.3, 0.4) is 0 Å². The lowest BCUT2D eigenvalue weighted by Crippen LogP contribution is -2.48. The van der Waals surface area contributed by atoms with Gasteiger partial charge in [-0.05, 0) is 35.6 Å². The molecule has 1 aliphatic carbocycles. The minimum absolute atomic E-state index is 0.0872. The van der Waals surface area contributed by atoms with E-state index >= 15 is 0 Å². The Kier molecular flexibility index (Phi) is 5.39. The summed E-state index contributed by atoms with van der Waals surface area (Å²) in [5.74, 6) is 0.394. The van der Waals surface area contributed by atoms with Crippen LogP contribution < -0.4 is 5.32 Å². The van der Waals surface area contributed by atoms with Crippen molar-refractivity contribution in [3.8, 4) is 0 Å². The molecule has 0 amide bonds. The molecular formula is C19H24N4O2. The van der Waals surface area contributed by atoms with Gasteiger partial charge in [0.25, 0.3) is 0 Å². The summed E-state index contributed by atoms with van der Waals surface area (Å²) in [5, 5.41) is 6.99. The lowest BCUT2D eigenvalue weighted by Gasteiger charge is -2.41. The summed E-state index contributed by atoms with van der Waals surface area (Å²) in [4.78, 5) is 28.1. The second-order valence-electron chi connectivity index (χ2n) is 7.11. The number of benzene rings is 1. The molecule has 0 spiro atoms. The standard InChI is InChI=1S/C19H24N4O2/c1-2-3-4-5-13-9-14(24)10-17-18(13)19(25)15-8-12(11-21-23-20)6-7-16(15)22-17/h6-8,13,17-18,22H,2-5,9-11H2,1H3/t13-,17+,18-/m0/s1. The molecule has 1 saturated carbocycles. The van der Waals surface area contributed by atoms with Crippen LogP contribution in [0.15, 0.2) is 23.3 Å². The summed E-state index contributed by atoms with van der Waals surface area (Å²) < 4.78 is 0. The molecule has 1 aromatic carbocycles. The van der Waals surface area contributed by atoms with Crippen molar-refractivity contribution in [3.63, 3.8) is 0 Å². The van der Waals surface area contributed by atoms with Crippen LogP contribution in [-0.2, 0) is 11.3 Å². The Hall–Kier alpha value is -2.33. The normalized spacial score (nSPS) is 24.8. The zero-order chi connectivity index (χ0) is 17.8. The molecule has 25 heavy (non-hydrogen) atoms. The zero-order valence-corrected chi connectivity index (χ0v) is 14.6. The molecule has 3 rings (SSSR count). The van der Waals surface area contributed by atoms with E-state index in [2.05, 4.69) is 22.3 Å². The summed E-state index contributed by atoms with van der Waals surface area (Å²) in [5.41, 5.74) is 10.8. The molecular weight excluding hydrogens is 316 g/mol. The Balaban J connectivity index is 1.87. The van der Waals surface area contributed by atoms with E-state index in [1.807, 2.05) is 18.2 Å². The van der Waals surface area contributed by atoms with Gasteiger partial charge < -0.3 is 5.32 Å². The summed E-state index contributed by atoms with van der Waals surface area (Å²) in [6.07, 6.45) is 5.21. The summed E-state index contributed by atoms with van der Waals surface area (Å²) in [7, 11) is 0. The maximum absolute atomic E-state index is 13.2. The van der Waals surface area contributed by atoms with Gasteiger partial charge in [-0.25, -0.2) is 0 Å². The van der Waals surface area contributed by atoms with Crippen molar-refractivity contribution in [2.24, 2.45) is 17.0 Å². The van der Waals surface area contributed by atoms with Gasteiger partial charge in [-0.1, -0.05) is 37.4 Å². The number of hydrogen-bond donors (Lipinski definition) is 1. The van der Waals surface area contributed by atoms with Gasteiger partial charge in [-0.3, -0.25) is 9.59 Å². The van der Waals surface area contributed by atoms with Gasteiger partial charge in [-0.15, -0.1) is 0 Å². The predicted molar refractivity (Wildman–Crippen MR) is 96.4 cm³/mol. The van der Waals surface area contributed by atoms with Gasteiger partial charge in [0.05, 0.1) is 6.54 Å². The van der Waals surface area contributed by atoms with E-state index in [9.17, 15) is 9.59 Å². The SMILES string of the molecule is CCCCC[C@H]1CC(=O)C[C@H]2Nc3ccc(CN=[N+]=[N-])cc3C(=O)[C@@H]12. The minimum Gasteiger partial charge on any atom is -0.381 e. The number of hydrogen-bond acceptors (Lipinski definition) is 4. The number of carbonyl (C=O) groups excluding carboxylic acids is 2. The van der Waals surface area contributed by atoms with Crippen LogP contribution >= 0.6 is 0 Å². The number of Topliss-reactive ketones (excluding diaryl/α,β-unsaturated/α-hetero) is 2. The topological polar surface area (TPSA) is 94.9 Å². The highest BCUT2D eigenvalue weighted by Crippen LogP contribution is 2.41. The van der Waals surface area contributed by atoms with Gasteiger partial charge in [0.15, 0.2) is 5.78 Å². The summed E-state index contributed by atoms with van der Waals surface area (Å²) in [6, 6.07) is 5.46. The third-order valence-corrected chi connectivity index (χ3v) is 5.37. The van der Waals surface area contributed by atoms with Crippen LogP contribution in [0.25, 0.3) is 10.4 Å². The number of ketones is 2. The molecule has 132 valence electrons. The van der Waals surface area contributed by atoms with Crippen molar-refractivity contribution in [2.45, 2.75) is 58.0 Å². The van der Waals surface area contributed by atoms with Crippen LogP contribution in [0.1, 0.15) is 61.4 Å². The van der Waals surface area contributed by atoms with Gasteiger partial charge in [0.2, 0.25) is 0 Å². The van der Waals surface area contributed by atoms with Crippen molar-refractivity contribution >= 4 is 17.3 Å². The monoisotopic (exact) mass is 340 g/mol. The van der Waals surface area contributed by atoms with E-state index in [1.54, 1.807) is 0 Å². The molecule has 0 saturated heterocycles. The first-order valence-electron chi connectivity index (χ1n) is 9.10. The van der Waals surface area contributed by atoms with Crippen molar-refractivity contribution in [1.29, 1.82) is 0 Å². The fourth-order valence-corrected chi connectivity index (χ4v) is 4.19. The average molecular weight is 340 g/mol. The largest absolute Gasteiger partial charge is 0.381 e. The third kappa shape index (κ3) is 3.69. The lowest BCUT2D eigenvalue weighted by atomic mass is 9.68. The third-order valence-electron chi connectivity index (χ3n) is 5.37. The van der Waals surface area contributed by atoms with Gasteiger partial charge in [0.1, 0.15) is 5.78 Å².